The Morgan fingerprint density at radius 1 is 1.35 bits per heavy atom. The minimum Gasteiger partial charge on any atom is -0.494 e. The number of hydrogen-bond donors (Lipinski definition) is 1. The SMILES string of the molecule is C=C(C)CN(C)S(=O)(=O)c1ccc(OCCCN)cc1. The summed E-state index contributed by atoms with van der Waals surface area (Å²) in [7, 11) is -1.94. The zero-order valence-corrected chi connectivity index (χ0v) is 12.8. The van der Waals surface area contributed by atoms with Crippen LogP contribution < -0.4 is 10.5 Å². The van der Waals surface area contributed by atoms with Gasteiger partial charge in [0.1, 0.15) is 5.75 Å². The lowest BCUT2D eigenvalue weighted by Gasteiger charge is -2.17. The van der Waals surface area contributed by atoms with Gasteiger partial charge in [0.05, 0.1) is 11.5 Å². The van der Waals surface area contributed by atoms with Gasteiger partial charge in [-0.1, -0.05) is 12.2 Å². The summed E-state index contributed by atoms with van der Waals surface area (Å²) in [6, 6.07) is 6.39. The quantitative estimate of drug-likeness (QED) is 0.584. The molecule has 1 aromatic carbocycles. The third-order valence-electron chi connectivity index (χ3n) is 2.64. The van der Waals surface area contributed by atoms with E-state index in [0.717, 1.165) is 12.0 Å². The molecule has 5 nitrogen and oxygen atoms in total. The largest absolute Gasteiger partial charge is 0.494 e. The highest BCUT2D eigenvalue weighted by atomic mass is 32.2. The van der Waals surface area contributed by atoms with Gasteiger partial charge in [-0.05, 0) is 44.2 Å². The molecule has 0 spiro atoms. The van der Waals surface area contributed by atoms with Crippen molar-refractivity contribution in [2.75, 3.05) is 26.7 Å². The van der Waals surface area contributed by atoms with E-state index in [1.165, 1.54) is 11.4 Å². The lowest BCUT2D eigenvalue weighted by Crippen LogP contribution is -2.28. The van der Waals surface area contributed by atoms with Crippen LogP contribution in [0.4, 0.5) is 0 Å². The predicted molar refractivity (Wildman–Crippen MR) is 80.2 cm³/mol. The van der Waals surface area contributed by atoms with E-state index >= 15 is 0 Å². The Morgan fingerprint density at radius 3 is 2.45 bits per heavy atom. The zero-order chi connectivity index (χ0) is 15.2. The summed E-state index contributed by atoms with van der Waals surface area (Å²) in [6.45, 7) is 6.91. The second-order valence-corrected chi connectivity index (χ2v) is 6.73. The highest BCUT2D eigenvalue weighted by Crippen LogP contribution is 2.19. The first kappa shape index (κ1) is 16.7. The van der Waals surface area contributed by atoms with E-state index in [0.29, 0.717) is 25.4 Å². The maximum Gasteiger partial charge on any atom is 0.243 e. The highest BCUT2D eigenvalue weighted by molar-refractivity contribution is 7.89. The topological polar surface area (TPSA) is 72.6 Å². The van der Waals surface area contributed by atoms with Crippen LogP contribution in [0.15, 0.2) is 41.3 Å². The third-order valence-corrected chi connectivity index (χ3v) is 4.46. The smallest absolute Gasteiger partial charge is 0.243 e. The molecule has 112 valence electrons. The number of likely N-dealkylation sites (N-methyl/N-ethyl adjacent to an activating group) is 1. The Labute approximate surface area is 121 Å². The fraction of sp³-hybridized carbons (Fsp3) is 0.429. The molecule has 0 aromatic heterocycles. The van der Waals surface area contributed by atoms with Crippen LogP contribution in [0.2, 0.25) is 0 Å². The van der Waals surface area contributed by atoms with Gasteiger partial charge >= 0.3 is 0 Å². The highest BCUT2D eigenvalue weighted by Gasteiger charge is 2.20. The van der Waals surface area contributed by atoms with Crippen molar-refractivity contribution in [1.82, 2.24) is 4.31 Å². The van der Waals surface area contributed by atoms with Gasteiger partial charge in [0.25, 0.3) is 0 Å². The van der Waals surface area contributed by atoms with Crippen molar-refractivity contribution in [3.63, 3.8) is 0 Å². The van der Waals surface area contributed by atoms with Crippen molar-refractivity contribution >= 4 is 10.0 Å². The number of nitrogens with zero attached hydrogens (tertiary/aromatic N) is 1. The Hall–Kier alpha value is -1.37. The van der Waals surface area contributed by atoms with E-state index in [9.17, 15) is 8.42 Å². The normalized spacial score (nSPS) is 11.6. The molecule has 0 saturated heterocycles. The minimum absolute atomic E-state index is 0.243. The molecule has 0 amide bonds. The van der Waals surface area contributed by atoms with Gasteiger partial charge in [0.15, 0.2) is 0 Å². The van der Waals surface area contributed by atoms with Gasteiger partial charge in [-0.3, -0.25) is 0 Å². The van der Waals surface area contributed by atoms with Crippen LogP contribution in [0.25, 0.3) is 0 Å². The summed E-state index contributed by atoms with van der Waals surface area (Å²) in [6.07, 6.45) is 0.765. The van der Waals surface area contributed by atoms with Gasteiger partial charge in [-0.25, -0.2) is 8.42 Å². The Bertz CT molecular complexity index is 538. The van der Waals surface area contributed by atoms with Crippen LogP contribution >= 0.6 is 0 Å². The Balaban J connectivity index is 2.79. The number of benzene rings is 1. The average Bonchev–Trinajstić information content (AvgIpc) is 2.39. The molecule has 6 heteroatoms. The second kappa shape index (κ2) is 7.42. The van der Waals surface area contributed by atoms with Crippen molar-refractivity contribution in [3.8, 4) is 5.75 Å². The summed E-state index contributed by atoms with van der Waals surface area (Å²) in [4.78, 5) is 0.243. The number of nitrogens with two attached hydrogens (primary N) is 1. The summed E-state index contributed by atoms with van der Waals surface area (Å²) < 4.78 is 31.2. The lowest BCUT2D eigenvalue weighted by atomic mass is 10.3. The van der Waals surface area contributed by atoms with Crippen molar-refractivity contribution in [3.05, 3.63) is 36.4 Å². The molecule has 0 saturated carbocycles. The molecule has 0 atom stereocenters. The van der Waals surface area contributed by atoms with E-state index in [-0.39, 0.29) is 4.90 Å². The van der Waals surface area contributed by atoms with Crippen LogP contribution in [-0.2, 0) is 10.0 Å². The van der Waals surface area contributed by atoms with Gasteiger partial charge in [0.2, 0.25) is 10.0 Å². The number of ether oxygens (including phenoxy) is 1. The molecule has 0 radical (unpaired) electrons. The second-order valence-electron chi connectivity index (χ2n) is 4.68. The number of sulfonamides is 1. The lowest BCUT2D eigenvalue weighted by molar-refractivity contribution is 0.313. The van der Waals surface area contributed by atoms with Crippen LogP contribution in [0.1, 0.15) is 13.3 Å². The molecule has 0 unspecified atom stereocenters. The molecule has 0 heterocycles. The molecule has 0 fully saturated rings. The van der Waals surface area contributed by atoms with Gasteiger partial charge in [0, 0.05) is 13.6 Å². The van der Waals surface area contributed by atoms with Crippen molar-refractivity contribution in [2.45, 2.75) is 18.2 Å². The fourth-order valence-electron chi connectivity index (χ4n) is 1.63. The monoisotopic (exact) mass is 298 g/mol. The molecular formula is C14H22N2O3S. The van der Waals surface area contributed by atoms with E-state index in [1.807, 2.05) is 0 Å². The molecule has 1 aromatic rings. The van der Waals surface area contributed by atoms with Crippen molar-refractivity contribution in [1.29, 1.82) is 0 Å². The molecule has 0 bridgehead atoms. The Morgan fingerprint density at radius 2 is 1.95 bits per heavy atom. The summed E-state index contributed by atoms with van der Waals surface area (Å²) in [5, 5.41) is 0. The zero-order valence-electron chi connectivity index (χ0n) is 12.0. The van der Waals surface area contributed by atoms with Crippen molar-refractivity contribution in [2.24, 2.45) is 5.73 Å². The summed E-state index contributed by atoms with van der Waals surface area (Å²) >= 11 is 0. The van der Waals surface area contributed by atoms with Crippen LogP contribution in [0, 0.1) is 0 Å². The van der Waals surface area contributed by atoms with Gasteiger partial charge in [-0.2, -0.15) is 4.31 Å². The fourth-order valence-corrected chi connectivity index (χ4v) is 2.86. The molecule has 1 rings (SSSR count). The maximum atomic E-state index is 12.3. The molecule has 0 aliphatic carbocycles. The molecule has 0 aliphatic rings. The van der Waals surface area contributed by atoms with E-state index in [1.54, 1.807) is 31.2 Å². The number of rotatable bonds is 8. The predicted octanol–water partition coefficient (Wildman–Crippen LogP) is 1.61. The summed E-state index contributed by atoms with van der Waals surface area (Å²) in [5.74, 6) is 0.639. The molecule has 20 heavy (non-hydrogen) atoms. The Kier molecular flexibility index (Phi) is 6.19. The first-order valence-corrected chi connectivity index (χ1v) is 7.85. The standard InChI is InChI=1S/C14H22N2O3S/c1-12(2)11-16(3)20(17,18)14-7-5-13(6-8-14)19-10-4-9-15/h5-8H,1,4,9-11,15H2,2-3H3. The van der Waals surface area contributed by atoms with Crippen LogP contribution in [0.3, 0.4) is 0 Å². The van der Waals surface area contributed by atoms with E-state index < -0.39 is 10.0 Å². The van der Waals surface area contributed by atoms with Crippen molar-refractivity contribution < 1.29 is 13.2 Å². The van der Waals surface area contributed by atoms with Crippen LogP contribution in [0.5, 0.6) is 5.75 Å². The minimum atomic E-state index is -3.48. The van der Waals surface area contributed by atoms with Gasteiger partial charge < -0.3 is 10.5 Å². The van der Waals surface area contributed by atoms with E-state index in [2.05, 4.69) is 6.58 Å². The molecule has 2 N–H and O–H groups in total. The summed E-state index contributed by atoms with van der Waals surface area (Å²) in [5.41, 5.74) is 6.16. The first-order chi connectivity index (χ1) is 9.37. The maximum absolute atomic E-state index is 12.3. The third kappa shape index (κ3) is 4.63. The molecular weight excluding hydrogens is 276 g/mol. The average molecular weight is 298 g/mol. The van der Waals surface area contributed by atoms with E-state index in [4.69, 9.17) is 10.5 Å². The van der Waals surface area contributed by atoms with Crippen LogP contribution in [-0.4, -0.2) is 39.5 Å². The van der Waals surface area contributed by atoms with Gasteiger partial charge in [-0.15, -0.1) is 0 Å². The molecule has 0 aliphatic heterocycles. The first-order valence-electron chi connectivity index (χ1n) is 6.41. The number of hydrogen-bond acceptors (Lipinski definition) is 4.